The average Bonchev–Trinajstić information content (AvgIpc) is 2.21. The van der Waals surface area contributed by atoms with Crippen molar-refractivity contribution in [1.82, 2.24) is 0 Å². The van der Waals surface area contributed by atoms with Crippen molar-refractivity contribution in [3.8, 4) is 16.9 Å². The van der Waals surface area contributed by atoms with Crippen LogP contribution in [0.2, 0.25) is 0 Å². The quantitative estimate of drug-likeness (QED) is 0.769. The molecule has 1 N–H and O–H groups in total. The van der Waals surface area contributed by atoms with Gasteiger partial charge in [-0.05, 0) is 56.0 Å². The molecule has 88 valence electrons. The zero-order valence-corrected chi connectivity index (χ0v) is 10.8. The summed E-state index contributed by atoms with van der Waals surface area (Å²) in [5.41, 5.74) is 6.92. The van der Waals surface area contributed by atoms with Crippen molar-refractivity contribution in [2.45, 2.75) is 27.7 Å². The monoisotopic (exact) mass is 226 g/mol. The molecule has 0 heterocycles. The van der Waals surface area contributed by atoms with Gasteiger partial charge in [-0.25, -0.2) is 0 Å². The highest BCUT2D eigenvalue weighted by atomic mass is 16.3. The topological polar surface area (TPSA) is 20.2 Å². The van der Waals surface area contributed by atoms with Gasteiger partial charge in [0.15, 0.2) is 0 Å². The van der Waals surface area contributed by atoms with Crippen LogP contribution < -0.4 is 0 Å². The Kier molecular flexibility index (Phi) is 2.93. The lowest BCUT2D eigenvalue weighted by Crippen LogP contribution is -1.92. The van der Waals surface area contributed by atoms with Crippen LogP contribution in [0.4, 0.5) is 0 Å². The van der Waals surface area contributed by atoms with Crippen LogP contribution in [-0.4, -0.2) is 5.11 Å². The van der Waals surface area contributed by atoms with Crippen molar-refractivity contribution in [3.63, 3.8) is 0 Å². The number of aromatic hydroxyl groups is 1. The number of aryl methyl sites for hydroxylation is 4. The Morgan fingerprint density at radius 1 is 0.765 bits per heavy atom. The Morgan fingerprint density at radius 2 is 1.35 bits per heavy atom. The lowest BCUT2D eigenvalue weighted by Gasteiger charge is -2.15. The summed E-state index contributed by atoms with van der Waals surface area (Å²) in [7, 11) is 0. The molecule has 1 nitrogen and oxygen atoms in total. The second kappa shape index (κ2) is 4.25. The Bertz CT molecular complexity index is 524. The molecule has 0 aliphatic carbocycles. The van der Waals surface area contributed by atoms with Gasteiger partial charge in [-0.15, -0.1) is 0 Å². The van der Waals surface area contributed by atoms with Crippen LogP contribution in [0.15, 0.2) is 30.3 Å². The minimum atomic E-state index is 0.361. The van der Waals surface area contributed by atoms with Gasteiger partial charge in [-0.2, -0.15) is 0 Å². The molecule has 1 heteroatoms. The standard InChI is InChI=1S/C16H18O/c1-10-8-12(3)15(13(4)9-10)16-11(2)6-5-7-14(16)17/h5-9,17H,1-4H3. The zero-order chi connectivity index (χ0) is 12.6. The van der Waals surface area contributed by atoms with Gasteiger partial charge in [0.1, 0.15) is 5.75 Å². The van der Waals surface area contributed by atoms with E-state index in [0.29, 0.717) is 5.75 Å². The Balaban J connectivity index is 2.77. The fraction of sp³-hybridized carbons (Fsp3) is 0.250. The second-order valence-corrected chi connectivity index (χ2v) is 4.74. The van der Waals surface area contributed by atoms with E-state index < -0.39 is 0 Å². The summed E-state index contributed by atoms with van der Waals surface area (Å²) in [6.45, 7) is 8.33. The van der Waals surface area contributed by atoms with Gasteiger partial charge < -0.3 is 5.11 Å². The Hall–Kier alpha value is -1.76. The highest BCUT2D eigenvalue weighted by Crippen LogP contribution is 2.36. The van der Waals surface area contributed by atoms with E-state index in [1.54, 1.807) is 6.07 Å². The molecule has 0 aliphatic rings. The molecule has 0 spiro atoms. The molecule has 2 rings (SSSR count). The molecule has 0 aromatic heterocycles. The van der Waals surface area contributed by atoms with Crippen LogP contribution in [0.3, 0.4) is 0 Å². The highest BCUT2D eigenvalue weighted by molar-refractivity contribution is 5.78. The molecule has 0 aliphatic heterocycles. The molecule has 0 saturated carbocycles. The first-order chi connectivity index (χ1) is 8.00. The van der Waals surface area contributed by atoms with E-state index in [2.05, 4.69) is 32.9 Å². The van der Waals surface area contributed by atoms with Gasteiger partial charge in [-0.1, -0.05) is 29.8 Å². The third-order valence-electron chi connectivity index (χ3n) is 3.18. The molecule has 0 atom stereocenters. The minimum absolute atomic E-state index is 0.361. The van der Waals surface area contributed by atoms with Crippen LogP contribution in [0.5, 0.6) is 5.75 Å². The van der Waals surface area contributed by atoms with Crippen molar-refractivity contribution in [2.75, 3.05) is 0 Å². The molecule has 0 fully saturated rings. The van der Waals surface area contributed by atoms with Gasteiger partial charge in [0, 0.05) is 5.56 Å². The van der Waals surface area contributed by atoms with Crippen LogP contribution in [0.1, 0.15) is 22.3 Å². The normalized spacial score (nSPS) is 10.6. The minimum Gasteiger partial charge on any atom is -0.507 e. The van der Waals surface area contributed by atoms with Crippen molar-refractivity contribution in [1.29, 1.82) is 0 Å². The van der Waals surface area contributed by atoms with E-state index in [1.165, 1.54) is 16.7 Å². The van der Waals surface area contributed by atoms with Crippen LogP contribution in [0, 0.1) is 27.7 Å². The Labute approximate surface area is 103 Å². The van der Waals surface area contributed by atoms with Crippen molar-refractivity contribution in [2.24, 2.45) is 0 Å². The number of rotatable bonds is 1. The van der Waals surface area contributed by atoms with Crippen LogP contribution >= 0.6 is 0 Å². The number of phenols is 1. The number of benzene rings is 2. The maximum atomic E-state index is 10.1. The lowest BCUT2D eigenvalue weighted by molar-refractivity contribution is 0.477. The summed E-state index contributed by atoms with van der Waals surface area (Å²) in [4.78, 5) is 0. The molecule has 0 unspecified atom stereocenters. The SMILES string of the molecule is Cc1cc(C)c(-c2c(C)cccc2O)c(C)c1. The zero-order valence-electron chi connectivity index (χ0n) is 10.8. The summed E-state index contributed by atoms with van der Waals surface area (Å²) < 4.78 is 0. The van der Waals surface area contributed by atoms with Crippen molar-refractivity contribution in [3.05, 3.63) is 52.6 Å². The van der Waals surface area contributed by atoms with E-state index in [1.807, 2.05) is 19.1 Å². The molecular weight excluding hydrogens is 208 g/mol. The molecule has 0 amide bonds. The van der Waals surface area contributed by atoms with E-state index in [-0.39, 0.29) is 0 Å². The van der Waals surface area contributed by atoms with Crippen LogP contribution in [0.25, 0.3) is 11.1 Å². The molecule has 0 saturated heterocycles. The van der Waals surface area contributed by atoms with Crippen molar-refractivity contribution >= 4 is 0 Å². The predicted octanol–water partition coefficient (Wildman–Crippen LogP) is 4.29. The number of hydrogen-bond donors (Lipinski definition) is 1. The smallest absolute Gasteiger partial charge is 0.123 e. The summed E-state index contributed by atoms with van der Waals surface area (Å²) in [5.74, 6) is 0.361. The molecule has 2 aromatic carbocycles. The highest BCUT2D eigenvalue weighted by Gasteiger charge is 2.12. The van der Waals surface area contributed by atoms with Gasteiger partial charge >= 0.3 is 0 Å². The maximum absolute atomic E-state index is 10.1. The molecule has 2 aromatic rings. The van der Waals surface area contributed by atoms with Gasteiger partial charge in [0.25, 0.3) is 0 Å². The summed E-state index contributed by atoms with van der Waals surface area (Å²) in [5, 5.41) is 10.1. The van der Waals surface area contributed by atoms with E-state index in [4.69, 9.17) is 0 Å². The first-order valence-electron chi connectivity index (χ1n) is 5.87. The maximum Gasteiger partial charge on any atom is 0.123 e. The number of phenolic OH excluding ortho intramolecular Hbond substituents is 1. The first kappa shape index (κ1) is 11.7. The first-order valence-corrected chi connectivity index (χ1v) is 5.87. The fourth-order valence-corrected chi connectivity index (χ4v) is 2.55. The molecule has 0 bridgehead atoms. The van der Waals surface area contributed by atoms with E-state index >= 15 is 0 Å². The fourth-order valence-electron chi connectivity index (χ4n) is 2.55. The summed E-state index contributed by atoms with van der Waals surface area (Å²) >= 11 is 0. The average molecular weight is 226 g/mol. The summed E-state index contributed by atoms with van der Waals surface area (Å²) in [6.07, 6.45) is 0. The van der Waals surface area contributed by atoms with Crippen LogP contribution in [-0.2, 0) is 0 Å². The molecule has 17 heavy (non-hydrogen) atoms. The van der Waals surface area contributed by atoms with Gasteiger partial charge in [0.2, 0.25) is 0 Å². The lowest BCUT2D eigenvalue weighted by atomic mass is 9.91. The Morgan fingerprint density at radius 3 is 1.88 bits per heavy atom. The van der Waals surface area contributed by atoms with Gasteiger partial charge in [-0.3, -0.25) is 0 Å². The largest absolute Gasteiger partial charge is 0.507 e. The third kappa shape index (κ3) is 2.05. The second-order valence-electron chi connectivity index (χ2n) is 4.74. The van der Waals surface area contributed by atoms with E-state index in [0.717, 1.165) is 16.7 Å². The number of hydrogen-bond acceptors (Lipinski definition) is 1. The predicted molar refractivity (Wildman–Crippen MR) is 72.5 cm³/mol. The van der Waals surface area contributed by atoms with E-state index in [9.17, 15) is 5.11 Å². The summed E-state index contributed by atoms with van der Waals surface area (Å²) in [6, 6.07) is 9.99. The van der Waals surface area contributed by atoms with Crippen molar-refractivity contribution < 1.29 is 5.11 Å². The third-order valence-corrected chi connectivity index (χ3v) is 3.18. The molecule has 0 radical (unpaired) electrons. The molecular formula is C16H18O. The van der Waals surface area contributed by atoms with Gasteiger partial charge in [0.05, 0.1) is 0 Å².